The van der Waals surface area contributed by atoms with Crippen molar-refractivity contribution in [3.63, 3.8) is 0 Å². The molecule has 1 aliphatic carbocycles. The van der Waals surface area contributed by atoms with Crippen LogP contribution in [0, 0.1) is 5.92 Å². The highest BCUT2D eigenvalue weighted by Gasteiger charge is 2.36. The Morgan fingerprint density at radius 1 is 1.38 bits per heavy atom. The second kappa shape index (κ2) is 4.20. The van der Waals surface area contributed by atoms with Gasteiger partial charge in [0.1, 0.15) is 0 Å². The molecular formula is C9H12F3N3S. The standard InChI is InChI=1S/C9H12F3N3S/c1-5(6-3-2-4-6)13-8-15-14-7(16-8)9(10,11)12/h5-6H,2-4H2,1H3,(H,13,15). The van der Waals surface area contributed by atoms with Gasteiger partial charge in [-0.3, -0.25) is 0 Å². The molecule has 3 nitrogen and oxygen atoms in total. The van der Waals surface area contributed by atoms with E-state index < -0.39 is 11.2 Å². The van der Waals surface area contributed by atoms with E-state index in [-0.39, 0.29) is 11.2 Å². The lowest BCUT2D eigenvalue weighted by molar-refractivity contribution is -0.138. The third-order valence-electron chi connectivity index (χ3n) is 2.88. The Bertz CT molecular complexity index is 359. The number of hydrogen-bond donors (Lipinski definition) is 1. The zero-order chi connectivity index (χ0) is 11.8. The Balaban J connectivity index is 1.97. The molecule has 1 unspecified atom stereocenters. The first-order valence-corrected chi connectivity index (χ1v) is 5.95. The molecule has 16 heavy (non-hydrogen) atoms. The zero-order valence-corrected chi connectivity index (χ0v) is 9.53. The minimum Gasteiger partial charge on any atom is -0.357 e. The quantitative estimate of drug-likeness (QED) is 0.896. The number of aromatic nitrogens is 2. The molecule has 0 aromatic carbocycles. The summed E-state index contributed by atoms with van der Waals surface area (Å²) in [5.41, 5.74) is 0. The highest BCUT2D eigenvalue weighted by molar-refractivity contribution is 7.15. The molecule has 1 aromatic heterocycles. The number of halogens is 3. The first-order chi connectivity index (χ1) is 7.47. The maximum Gasteiger partial charge on any atom is 0.445 e. The summed E-state index contributed by atoms with van der Waals surface area (Å²) in [6.45, 7) is 1.97. The third-order valence-corrected chi connectivity index (χ3v) is 3.77. The van der Waals surface area contributed by atoms with Crippen molar-refractivity contribution in [3.05, 3.63) is 5.01 Å². The Morgan fingerprint density at radius 3 is 2.50 bits per heavy atom. The summed E-state index contributed by atoms with van der Waals surface area (Å²) in [7, 11) is 0. The molecule has 2 rings (SSSR count). The molecule has 1 N–H and O–H groups in total. The smallest absolute Gasteiger partial charge is 0.357 e. The van der Waals surface area contributed by atoms with Crippen molar-refractivity contribution >= 4 is 16.5 Å². The van der Waals surface area contributed by atoms with Crippen LogP contribution in [0.3, 0.4) is 0 Å². The van der Waals surface area contributed by atoms with Crippen LogP contribution >= 0.6 is 11.3 Å². The van der Waals surface area contributed by atoms with Gasteiger partial charge in [-0.1, -0.05) is 17.8 Å². The lowest BCUT2D eigenvalue weighted by Gasteiger charge is -2.31. The van der Waals surface area contributed by atoms with Gasteiger partial charge in [-0.05, 0) is 25.7 Å². The van der Waals surface area contributed by atoms with Crippen LogP contribution in [-0.4, -0.2) is 16.2 Å². The molecule has 1 saturated carbocycles. The molecule has 90 valence electrons. The van der Waals surface area contributed by atoms with E-state index >= 15 is 0 Å². The highest BCUT2D eigenvalue weighted by Crippen LogP contribution is 2.35. The molecule has 7 heteroatoms. The number of alkyl halides is 3. The third kappa shape index (κ3) is 2.45. The van der Waals surface area contributed by atoms with Crippen LogP contribution in [0.25, 0.3) is 0 Å². The van der Waals surface area contributed by atoms with Gasteiger partial charge in [-0.2, -0.15) is 13.2 Å². The summed E-state index contributed by atoms with van der Waals surface area (Å²) >= 11 is 0.562. The Kier molecular flexibility index (Phi) is 3.05. The zero-order valence-electron chi connectivity index (χ0n) is 8.71. The topological polar surface area (TPSA) is 37.8 Å². The first-order valence-electron chi connectivity index (χ1n) is 5.14. The second-order valence-electron chi connectivity index (χ2n) is 4.03. The van der Waals surface area contributed by atoms with Gasteiger partial charge < -0.3 is 5.32 Å². The molecule has 0 aliphatic heterocycles. The van der Waals surface area contributed by atoms with E-state index in [4.69, 9.17) is 0 Å². The lowest BCUT2D eigenvalue weighted by atomic mass is 9.80. The molecule has 0 bridgehead atoms. The fourth-order valence-electron chi connectivity index (χ4n) is 1.65. The summed E-state index contributed by atoms with van der Waals surface area (Å²) in [5.74, 6) is 0.554. The summed E-state index contributed by atoms with van der Waals surface area (Å²) in [6.07, 6.45) is -0.907. The van der Waals surface area contributed by atoms with Crippen LogP contribution in [0.1, 0.15) is 31.2 Å². The number of hydrogen-bond acceptors (Lipinski definition) is 4. The van der Waals surface area contributed by atoms with Crippen LogP contribution in [0.2, 0.25) is 0 Å². The molecule has 0 radical (unpaired) electrons. The highest BCUT2D eigenvalue weighted by atomic mass is 32.1. The van der Waals surface area contributed by atoms with Crippen LogP contribution < -0.4 is 5.32 Å². The molecule has 1 heterocycles. The first kappa shape index (κ1) is 11.6. The van der Waals surface area contributed by atoms with Gasteiger partial charge in [-0.25, -0.2) is 0 Å². The predicted molar refractivity (Wildman–Crippen MR) is 55.3 cm³/mol. The van der Waals surface area contributed by atoms with Crippen molar-refractivity contribution in [1.82, 2.24) is 10.2 Å². The predicted octanol–water partition coefficient (Wildman–Crippen LogP) is 3.16. The minimum absolute atomic E-state index is 0.169. The van der Waals surface area contributed by atoms with Crippen LogP contribution in [0.5, 0.6) is 0 Å². The van der Waals surface area contributed by atoms with Crippen LogP contribution in [-0.2, 0) is 6.18 Å². The van der Waals surface area contributed by atoms with Crippen molar-refractivity contribution in [2.45, 2.75) is 38.4 Å². The molecule has 1 atom stereocenters. The van der Waals surface area contributed by atoms with E-state index in [1.807, 2.05) is 6.92 Å². The van der Waals surface area contributed by atoms with Crippen molar-refractivity contribution in [1.29, 1.82) is 0 Å². The Morgan fingerprint density at radius 2 is 2.06 bits per heavy atom. The number of anilines is 1. The fourth-order valence-corrected chi connectivity index (χ4v) is 2.36. The lowest BCUT2D eigenvalue weighted by Crippen LogP contribution is -2.30. The summed E-state index contributed by atoms with van der Waals surface area (Å²) < 4.78 is 36.8. The summed E-state index contributed by atoms with van der Waals surface area (Å²) in [4.78, 5) is 0. The number of nitrogens with one attached hydrogen (secondary N) is 1. The van der Waals surface area contributed by atoms with E-state index in [1.54, 1.807) is 0 Å². The van der Waals surface area contributed by atoms with Gasteiger partial charge in [0.2, 0.25) is 10.1 Å². The van der Waals surface area contributed by atoms with Crippen LogP contribution in [0.4, 0.5) is 18.3 Å². The van der Waals surface area contributed by atoms with E-state index in [9.17, 15) is 13.2 Å². The van der Waals surface area contributed by atoms with Crippen LogP contribution in [0.15, 0.2) is 0 Å². The molecule has 1 aliphatic rings. The number of nitrogens with zero attached hydrogens (tertiary/aromatic N) is 2. The molecule has 1 aromatic rings. The normalized spacial score (nSPS) is 19.2. The monoisotopic (exact) mass is 251 g/mol. The van der Waals surface area contributed by atoms with Crippen molar-refractivity contribution in [2.75, 3.05) is 5.32 Å². The van der Waals surface area contributed by atoms with E-state index in [1.165, 1.54) is 6.42 Å². The largest absolute Gasteiger partial charge is 0.445 e. The molecular weight excluding hydrogens is 239 g/mol. The molecule has 0 spiro atoms. The average Bonchev–Trinajstić information content (AvgIpc) is 2.47. The van der Waals surface area contributed by atoms with Crippen molar-refractivity contribution < 1.29 is 13.2 Å². The van der Waals surface area contributed by atoms with E-state index in [2.05, 4.69) is 15.5 Å². The molecule has 0 saturated heterocycles. The van der Waals surface area contributed by atoms with E-state index in [0.717, 1.165) is 12.8 Å². The Hall–Kier alpha value is -0.850. The maximum atomic E-state index is 12.3. The van der Waals surface area contributed by atoms with Crippen molar-refractivity contribution in [3.8, 4) is 0 Å². The Labute approximate surface area is 95.1 Å². The van der Waals surface area contributed by atoms with Gasteiger partial charge in [0.15, 0.2) is 0 Å². The summed E-state index contributed by atoms with van der Waals surface area (Å²) in [5, 5.41) is 8.97. The summed E-state index contributed by atoms with van der Waals surface area (Å²) in [6, 6.07) is 0.169. The maximum absolute atomic E-state index is 12.3. The SMILES string of the molecule is CC(Nc1nnc(C(F)(F)F)s1)C1CCC1. The average molecular weight is 251 g/mol. The molecule has 1 fully saturated rings. The van der Waals surface area contributed by atoms with Gasteiger partial charge >= 0.3 is 6.18 Å². The number of rotatable bonds is 3. The molecule has 0 amide bonds. The fraction of sp³-hybridized carbons (Fsp3) is 0.778. The van der Waals surface area contributed by atoms with Gasteiger partial charge in [-0.15, -0.1) is 10.2 Å². The van der Waals surface area contributed by atoms with Gasteiger partial charge in [0.25, 0.3) is 0 Å². The van der Waals surface area contributed by atoms with E-state index in [0.29, 0.717) is 17.3 Å². The van der Waals surface area contributed by atoms with Gasteiger partial charge in [0.05, 0.1) is 0 Å². The van der Waals surface area contributed by atoms with Crippen molar-refractivity contribution in [2.24, 2.45) is 5.92 Å². The minimum atomic E-state index is -4.39. The second-order valence-corrected chi connectivity index (χ2v) is 5.01. The van der Waals surface area contributed by atoms with Gasteiger partial charge in [0, 0.05) is 6.04 Å².